The van der Waals surface area contributed by atoms with Crippen LogP contribution in [0.1, 0.15) is 25.5 Å². The van der Waals surface area contributed by atoms with E-state index in [1.807, 2.05) is 19.9 Å². The predicted octanol–water partition coefficient (Wildman–Crippen LogP) is 4.35. The number of nitrogen functional groups attached to an aromatic ring is 1. The number of nitrogens with two attached hydrogens (primary N) is 1. The average molecular weight is 271 g/mol. The second-order valence-electron chi connectivity index (χ2n) is 4.09. The van der Waals surface area contributed by atoms with Crippen LogP contribution in [0.25, 0.3) is 11.1 Å². The van der Waals surface area contributed by atoms with E-state index in [2.05, 4.69) is 5.16 Å². The van der Waals surface area contributed by atoms with Crippen molar-refractivity contribution in [3.05, 3.63) is 33.9 Å². The van der Waals surface area contributed by atoms with Gasteiger partial charge in [-0.2, -0.15) is 0 Å². The van der Waals surface area contributed by atoms with Gasteiger partial charge in [0, 0.05) is 0 Å². The molecule has 0 amide bonds. The Bertz CT molecular complexity index is 549. The van der Waals surface area contributed by atoms with Gasteiger partial charge in [0.2, 0.25) is 5.88 Å². The van der Waals surface area contributed by atoms with Crippen LogP contribution >= 0.6 is 23.2 Å². The fourth-order valence-corrected chi connectivity index (χ4v) is 1.95. The monoisotopic (exact) mass is 270 g/mol. The first kappa shape index (κ1) is 12.3. The number of rotatable bonds is 2. The highest BCUT2D eigenvalue weighted by molar-refractivity contribution is 6.42. The molecule has 0 saturated heterocycles. The van der Waals surface area contributed by atoms with Gasteiger partial charge < -0.3 is 10.3 Å². The molecule has 2 rings (SSSR count). The van der Waals surface area contributed by atoms with Gasteiger partial charge >= 0.3 is 0 Å². The summed E-state index contributed by atoms with van der Waals surface area (Å²) < 4.78 is 5.03. The molecule has 0 aliphatic carbocycles. The van der Waals surface area contributed by atoms with E-state index < -0.39 is 0 Å². The van der Waals surface area contributed by atoms with Crippen molar-refractivity contribution in [3.8, 4) is 11.1 Å². The number of aromatic nitrogens is 1. The van der Waals surface area contributed by atoms with Gasteiger partial charge in [0.15, 0.2) is 0 Å². The maximum Gasteiger partial charge on any atom is 0.230 e. The lowest BCUT2D eigenvalue weighted by Crippen LogP contribution is -1.93. The second-order valence-corrected chi connectivity index (χ2v) is 4.91. The summed E-state index contributed by atoms with van der Waals surface area (Å²) in [4.78, 5) is 0. The number of benzene rings is 1. The van der Waals surface area contributed by atoms with E-state index in [0.29, 0.717) is 15.9 Å². The molecule has 1 heterocycles. The topological polar surface area (TPSA) is 52.0 Å². The first-order chi connectivity index (χ1) is 8.00. The summed E-state index contributed by atoms with van der Waals surface area (Å²) in [6.07, 6.45) is 0. The fraction of sp³-hybridized carbons (Fsp3) is 0.250. The van der Waals surface area contributed by atoms with Gasteiger partial charge in [-0.3, -0.25) is 0 Å². The molecule has 0 radical (unpaired) electrons. The van der Waals surface area contributed by atoms with E-state index in [9.17, 15) is 0 Å². The SMILES string of the molecule is CC(C)c1noc(N)c1-c1ccc(Cl)c(Cl)c1. The Balaban J connectivity index is 2.59. The largest absolute Gasteiger partial charge is 0.367 e. The van der Waals surface area contributed by atoms with E-state index in [1.54, 1.807) is 12.1 Å². The Hall–Kier alpha value is -1.19. The maximum atomic E-state index is 5.99. The van der Waals surface area contributed by atoms with E-state index in [0.717, 1.165) is 16.8 Å². The molecular formula is C12H12Cl2N2O. The number of hydrogen-bond donors (Lipinski definition) is 1. The van der Waals surface area contributed by atoms with Crippen molar-refractivity contribution in [3.63, 3.8) is 0 Å². The standard InChI is InChI=1S/C12H12Cl2N2O/c1-6(2)11-10(12(15)17-16-11)7-3-4-8(13)9(14)5-7/h3-6H,15H2,1-2H3. The Labute approximate surface area is 109 Å². The van der Waals surface area contributed by atoms with Crippen molar-refractivity contribution in [1.82, 2.24) is 5.16 Å². The molecule has 0 aliphatic heterocycles. The summed E-state index contributed by atoms with van der Waals surface area (Å²) in [6.45, 7) is 4.05. The molecular weight excluding hydrogens is 259 g/mol. The molecule has 0 fully saturated rings. The van der Waals surface area contributed by atoms with Gasteiger partial charge in [0.05, 0.1) is 21.3 Å². The van der Waals surface area contributed by atoms with Crippen molar-refractivity contribution in [2.75, 3.05) is 5.73 Å². The third kappa shape index (κ3) is 2.26. The zero-order valence-corrected chi connectivity index (χ0v) is 11.0. The van der Waals surface area contributed by atoms with Crippen molar-refractivity contribution in [2.24, 2.45) is 0 Å². The quantitative estimate of drug-likeness (QED) is 0.883. The Morgan fingerprint density at radius 2 is 1.94 bits per heavy atom. The van der Waals surface area contributed by atoms with E-state index >= 15 is 0 Å². The molecule has 2 aromatic rings. The van der Waals surface area contributed by atoms with Crippen molar-refractivity contribution in [2.45, 2.75) is 19.8 Å². The minimum absolute atomic E-state index is 0.223. The molecule has 0 spiro atoms. The highest BCUT2D eigenvalue weighted by Gasteiger charge is 2.18. The Morgan fingerprint density at radius 1 is 1.24 bits per heavy atom. The van der Waals surface area contributed by atoms with Crippen molar-refractivity contribution in [1.29, 1.82) is 0 Å². The van der Waals surface area contributed by atoms with Crippen LogP contribution in [0.15, 0.2) is 22.7 Å². The number of nitrogens with zero attached hydrogens (tertiary/aromatic N) is 1. The lowest BCUT2D eigenvalue weighted by atomic mass is 9.99. The van der Waals surface area contributed by atoms with Gasteiger partial charge in [-0.15, -0.1) is 0 Å². The van der Waals surface area contributed by atoms with Crippen LogP contribution in [0.3, 0.4) is 0 Å². The van der Waals surface area contributed by atoms with Crippen LogP contribution in [0.4, 0.5) is 5.88 Å². The number of hydrogen-bond acceptors (Lipinski definition) is 3. The summed E-state index contributed by atoms with van der Waals surface area (Å²) in [5.41, 5.74) is 8.27. The molecule has 3 nitrogen and oxygen atoms in total. The zero-order chi connectivity index (χ0) is 12.6. The zero-order valence-electron chi connectivity index (χ0n) is 9.50. The third-order valence-corrected chi connectivity index (χ3v) is 3.24. The van der Waals surface area contributed by atoms with Crippen LogP contribution in [-0.4, -0.2) is 5.16 Å². The Morgan fingerprint density at radius 3 is 2.53 bits per heavy atom. The van der Waals surface area contributed by atoms with Gasteiger partial charge in [-0.25, -0.2) is 0 Å². The third-order valence-electron chi connectivity index (χ3n) is 2.50. The summed E-state index contributed by atoms with van der Waals surface area (Å²) in [6, 6.07) is 5.34. The van der Waals surface area contributed by atoms with Crippen LogP contribution in [0.2, 0.25) is 10.0 Å². The minimum atomic E-state index is 0.223. The lowest BCUT2D eigenvalue weighted by molar-refractivity contribution is 0.424. The minimum Gasteiger partial charge on any atom is -0.367 e. The van der Waals surface area contributed by atoms with Gasteiger partial charge in [0.25, 0.3) is 0 Å². The van der Waals surface area contributed by atoms with Crippen molar-refractivity contribution < 1.29 is 4.52 Å². The molecule has 1 aromatic carbocycles. The number of halogens is 2. The van der Waals surface area contributed by atoms with Crippen LogP contribution in [0.5, 0.6) is 0 Å². The van der Waals surface area contributed by atoms with Gasteiger partial charge in [-0.05, 0) is 23.6 Å². The van der Waals surface area contributed by atoms with Crippen LogP contribution < -0.4 is 5.73 Å². The van der Waals surface area contributed by atoms with Crippen molar-refractivity contribution >= 4 is 29.1 Å². The molecule has 0 unspecified atom stereocenters. The molecule has 17 heavy (non-hydrogen) atoms. The second kappa shape index (κ2) is 4.59. The molecule has 0 bridgehead atoms. The molecule has 1 aromatic heterocycles. The summed E-state index contributed by atoms with van der Waals surface area (Å²) in [7, 11) is 0. The lowest BCUT2D eigenvalue weighted by Gasteiger charge is -2.06. The van der Waals surface area contributed by atoms with Crippen LogP contribution in [0, 0.1) is 0 Å². The normalized spacial score (nSPS) is 11.1. The van der Waals surface area contributed by atoms with E-state index in [-0.39, 0.29) is 5.92 Å². The van der Waals surface area contributed by atoms with E-state index in [4.69, 9.17) is 33.5 Å². The first-order valence-corrected chi connectivity index (χ1v) is 5.96. The molecule has 0 saturated carbocycles. The molecule has 0 aliphatic rings. The highest BCUT2D eigenvalue weighted by atomic mass is 35.5. The molecule has 2 N–H and O–H groups in total. The summed E-state index contributed by atoms with van der Waals surface area (Å²) in [5.74, 6) is 0.521. The highest BCUT2D eigenvalue weighted by Crippen LogP contribution is 2.36. The van der Waals surface area contributed by atoms with E-state index in [1.165, 1.54) is 0 Å². The van der Waals surface area contributed by atoms with Crippen LogP contribution in [-0.2, 0) is 0 Å². The summed E-state index contributed by atoms with van der Waals surface area (Å²) >= 11 is 11.9. The number of anilines is 1. The van der Waals surface area contributed by atoms with Gasteiger partial charge in [0.1, 0.15) is 0 Å². The molecule has 5 heteroatoms. The molecule has 90 valence electrons. The Kier molecular flexibility index (Phi) is 3.31. The van der Waals surface area contributed by atoms with Gasteiger partial charge in [-0.1, -0.05) is 48.3 Å². The first-order valence-electron chi connectivity index (χ1n) is 5.21. The maximum absolute atomic E-state index is 5.99. The fourth-order valence-electron chi connectivity index (χ4n) is 1.65. The smallest absolute Gasteiger partial charge is 0.230 e. The average Bonchev–Trinajstić information content (AvgIpc) is 2.64. The predicted molar refractivity (Wildman–Crippen MR) is 70.5 cm³/mol. The summed E-state index contributed by atoms with van der Waals surface area (Å²) in [5, 5.41) is 4.96. The molecule has 0 atom stereocenters.